The Balaban J connectivity index is 1.77. The van der Waals surface area contributed by atoms with E-state index in [0.717, 1.165) is 21.5 Å². The number of thiophene rings is 1. The first-order valence-electron chi connectivity index (χ1n) is 8.04. The average Bonchev–Trinajstić information content (AvgIpc) is 3.18. The fourth-order valence-corrected chi connectivity index (χ4v) is 3.77. The van der Waals surface area contributed by atoms with Gasteiger partial charge in [0.15, 0.2) is 0 Å². The van der Waals surface area contributed by atoms with Gasteiger partial charge in [-0.05, 0) is 30.7 Å². The van der Waals surface area contributed by atoms with E-state index in [4.69, 9.17) is 11.6 Å². The molecule has 1 N–H and O–H groups in total. The standard InChI is InChI=1S/C18H18ClN3O3S/c1-11-14-9-15(17(24)20-8-7-16(23)25-2)26-18(14)22(21-11)10-12-3-5-13(19)6-4-12/h3-6,9H,7-8,10H2,1-2H3,(H,20,24). The lowest BCUT2D eigenvalue weighted by Crippen LogP contribution is -2.25. The molecule has 0 saturated heterocycles. The van der Waals surface area contributed by atoms with Crippen LogP contribution in [0, 0.1) is 6.92 Å². The van der Waals surface area contributed by atoms with Gasteiger partial charge in [-0.1, -0.05) is 23.7 Å². The van der Waals surface area contributed by atoms with Crippen molar-refractivity contribution in [3.63, 3.8) is 0 Å². The van der Waals surface area contributed by atoms with Gasteiger partial charge in [0.1, 0.15) is 4.83 Å². The Labute approximate surface area is 159 Å². The van der Waals surface area contributed by atoms with Crippen molar-refractivity contribution >= 4 is 45.0 Å². The number of hydrogen-bond donors (Lipinski definition) is 1. The minimum absolute atomic E-state index is 0.149. The highest BCUT2D eigenvalue weighted by Gasteiger charge is 2.16. The molecule has 1 amide bonds. The van der Waals surface area contributed by atoms with E-state index in [1.807, 2.05) is 41.9 Å². The van der Waals surface area contributed by atoms with Crippen LogP contribution in [0.5, 0.6) is 0 Å². The summed E-state index contributed by atoms with van der Waals surface area (Å²) in [7, 11) is 1.32. The zero-order valence-corrected chi connectivity index (χ0v) is 16.0. The number of methoxy groups -OCH3 is 1. The van der Waals surface area contributed by atoms with Gasteiger partial charge in [-0.3, -0.25) is 14.3 Å². The first kappa shape index (κ1) is 18.4. The lowest BCUT2D eigenvalue weighted by atomic mass is 10.2. The smallest absolute Gasteiger partial charge is 0.307 e. The van der Waals surface area contributed by atoms with Crippen molar-refractivity contribution in [3.8, 4) is 0 Å². The number of rotatable bonds is 6. The number of halogens is 1. The van der Waals surface area contributed by atoms with Crippen LogP contribution >= 0.6 is 22.9 Å². The van der Waals surface area contributed by atoms with E-state index >= 15 is 0 Å². The fraction of sp³-hybridized carbons (Fsp3) is 0.278. The lowest BCUT2D eigenvalue weighted by Gasteiger charge is -2.04. The second-order valence-electron chi connectivity index (χ2n) is 5.78. The number of aryl methyl sites for hydroxylation is 1. The highest BCUT2D eigenvalue weighted by atomic mass is 35.5. The van der Waals surface area contributed by atoms with Crippen molar-refractivity contribution in [1.82, 2.24) is 15.1 Å². The second-order valence-corrected chi connectivity index (χ2v) is 7.25. The number of carbonyl (C=O) groups excluding carboxylic acids is 2. The quantitative estimate of drug-likeness (QED) is 0.653. The number of fused-ring (bicyclic) bond motifs is 1. The van der Waals surface area contributed by atoms with Gasteiger partial charge >= 0.3 is 5.97 Å². The molecule has 0 aliphatic rings. The van der Waals surface area contributed by atoms with Gasteiger partial charge in [-0.25, -0.2) is 0 Å². The molecule has 0 saturated carbocycles. The summed E-state index contributed by atoms with van der Waals surface area (Å²) >= 11 is 7.31. The molecule has 0 aliphatic heterocycles. The number of benzene rings is 1. The summed E-state index contributed by atoms with van der Waals surface area (Å²) in [6, 6.07) is 9.45. The Bertz CT molecular complexity index is 947. The number of nitrogens with one attached hydrogen (secondary N) is 1. The number of esters is 1. The number of ether oxygens (including phenoxy) is 1. The third-order valence-electron chi connectivity index (χ3n) is 3.92. The zero-order valence-electron chi connectivity index (χ0n) is 14.4. The molecule has 2 aromatic heterocycles. The molecule has 1 aromatic carbocycles. The molecule has 26 heavy (non-hydrogen) atoms. The molecule has 2 heterocycles. The van der Waals surface area contributed by atoms with E-state index in [0.29, 0.717) is 16.4 Å². The maximum atomic E-state index is 12.3. The van der Waals surface area contributed by atoms with Gasteiger partial charge in [0.2, 0.25) is 0 Å². The molecule has 0 unspecified atom stereocenters. The summed E-state index contributed by atoms with van der Waals surface area (Å²) in [6.45, 7) is 2.77. The van der Waals surface area contributed by atoms with E-state index in [1.54, 1.807) is 0 Å². The molecule has 0 radical (unpaired) electrons. The van der Waals surface area contributed by atoms with Crippen molar-refractivity contribution in [2.24, 2.45) is 0 Å². The molecule has 0 spiro atoms. The zero-order chi connectivity index (χ0) is 18.7. The molecule has 136 valence electrons. The summed E-state index contributed by atoms with van der Waals surface area (Å²) in [4.78, 5) is 25.0. The summed E-state index contributed by atoms with van der Waals surface area (Å²) in [5.74, 6) is -0.552. The van der Waals surface area contributed by atoms with Crippen LogP contribution in [0.3, 0.4) is 0 Å². The predicted octanol–water partition coefficient (Wildman–Crippen LogP) is 3.40. The van der Waals surface area contributed by atoms with E-state index in [1.165, 1.54) is 18.4 Å². The highest BCUT2D eigenvalue weighted by molar-refractivity contribution is 7.20. The first-order valence-corrected chi connectivity index (χ1v) is 9.24. The third-order valence-corrected chi connectivity index (χ3v) is 5.32. The van der Waals surface area contributed by atoms with E-state index in [-0.39, 0.29) is 24.8 Å². The SMILES string of the molecule is COC(=O)CCNC(=O)c1cc2c(C)nn(Cc3ccc(Cl)cc3)c2s1. The maximum Gasteiger partial charge on any atom is 0.307 e. The highest BCUT2D eigenvalue weighted by Crippen LogP contribution is 2.29. The normalized spacial score (nSPS) is 10.9. The van der Waals surface area contributed by atoms with Gasteiger partial charge in [0, 0.05) is 17.0 Å². The number of hydrogen-bond acceptors (Lipinski definition) is 5. The molecule has 0 atom stereocenters. The first-order chi connectivity index (χ1) is 12.5. The number of amides is 1. The van der Waals surface area contributed by atoms with Crippen LogP contribution < -0.4 is 5.32 Å². The van der Waals surface area contributed by atoms with Crippen LogP contribution in [0.2, 0.25) is 5.02 Å². The molecular formula is C18H18ClN3O3S. The molecule has 3 rings (SSSR count). The Morgan fingerprint density at radius 1 is 1.31 bits per heavy atom. The van der Waals surface area contributed by atoms with Crippen molar-refractivity contribution in [2.45, 2.75) is 19.9 Å². The van der Waals surface area contributed by atoms with E-state index < -0.39 is 0 Å². The van der Waals surface area contributed by atoms with Crippen LogP contribution in [0.15, 0.2) is 30.3 Å². The monoisotopic (exact) mass is 391 g/mol. The van der Waals surface area contributed by atoms with Crippen LogP contribution in [-0.2, 0) is 16.1 Å². The Hall–Kier alpha value is -2.38. The van der Waals surface area contributed by atoms with Crippen LogP contribution in [0.25, 0.3) is 10.2 Å². The topological polar surface area (TPSA) is 73.2 Å². The van der Waals surface area contributed by atoms with Crippen LogP contribution in [0.4, 0.5) is 0 Å². The second kappa shape index (κ2) is 7.88. The van der Waals surface area contributed by atoms with Gasteiger partial charge < -0.3 is 10.1 Å². The molecule has 6 nitrogen and oxygen atoms in total. The van der Waals surface area contributed by atoms with Crippen molar-refractivity contribution in [3.05, 3.63) is 51.5 Å². The summed E-state index contributed by atoms with van der Waals surface area (Å²) in [6.07, 6.45) is 0.149. The summed E-state index contributed by atoms with van der Waals surface area (Å²) < 4.78 is 6.45. The Morgan fingerprint density at radius 2 is 2.04 bits per heavy atom. The molecule has 0 aliphatic carbocycles. The van der Waals surface area contributed by atoms with E-state index in [2.05, 4.69) is 15.2 Å². The average molecular weight is 392 g/mol. The van der Waals surface area contributed by atoms with Crippen LogP contribution in [0.1, 0.15) is 27.3 Å². The summed E-state index contributed by atoms with van der Waals surface area (Å²) in [5, 5.41) is 8.95. The molecule has 0 bridgehead atoms. The molecule has 8 heteroatoms. The minimum Gasteiger partial charge on any atom is -0.469 e. The molecular weight excluding hydrogens is 374 g/mol. The van der Waals surface area contributed by atoms with Crippen molar-refractivity contribution in [1.29, 1.82) is 0 Å². The Kier molecular flexibility index (Phi) is 5.58. The van der Waals surface area contributed by atoms with Gasteiger partial charge in [-0.15, -0.1) is 11.3 Å². The Morgan fingerprint density at radius 3 is 2.73 bits per heavy atom. The largest absolute Gasteiger partial charge is 0.469 e. The van der Waals surface area contributed by atoms with Crippen molar-refractivity contribution in [2.75, 3.05) is 13.7 Å². The number of aromatic nitrogens is 2. The number of nitrogens with zero attached hydrogens (tertiary/aromatic N) is 2. The molecule has 3 aromatic rings. The van der Waals surface area contributed by atoms with Gasteiger partial charge in [0.05, 0.1) is 30.6 Å². The lowest BCUT2D eigenvalue weighted by molar-refractivity contribution is -0.140. The van der Waals surface area contributed by atoms with Gasteiger partial charge in [0.25, 0.3) is 5.91 Å². The maximum absolute atomic E-state index is 12.3. The fourth-order valence-electron chi connectivity index (χ4n) is 2.56. The molecule has 0 fully saturated rings. The van der Waals surface area contributed by atoms with Crippen molar-refractivity contribution < 1.29 is 14.3 Å². The minimum atomic E-state index is -0.351. The predicted molar refractivity (Wildman–Crippen MR) is 102 cm³/mol. The van der Waals surface area contributed by atoms with Crippen LogP contribution in [-0.4, -0.2) is 35.3 Å². The van der Waals surface area contributed by atoms with Gasteiger partial charge in [-0.2, -0.15) is 5.10 Å². The summed E-state index contributed by atoms with van der Waals surface area (Å²) in [5.41, 5.74) is 1.95. The van der Waals surface area contributed by atoms with E-state index in [9.17, 15) is 9.59 Å². The third kappa shape index (κ3) is 4.05. The number of carbonyl (C=O) groups is 2.